The van der Waals surface area contributed by atoms with E-state index in [9.17, 15) is 4.79 Å². The molecule has 2 N–H and O–H groups in total. The van der Waals surface area contributed by atoms with Crippen molar-refractivity contribution in [2.24, 2.45) is 17.8 Å². The van der Waals surface area contributed by atoms with Crippen LogP contribution in [0.5, 0.6) is 0 Å². The molecule has 2 unspecified atom stereocenters. The molecule has 1 amide bonds. The van der Waals surface area contributed by atoms with Crippen LogP contribution in [0.4, 0.5) is 0 Å². The molecule has 6 nitrogen and oxygen atoms in total. The van der Waals surface area contributed by atoms with E-state index < -0.39 is 0 Å². The van der Waals surface area contributed by atoms with Gasteiger partial charge in [-0.05, 0) is 44.7 Å². The van der Waals surface area contributed by atoms with Crippen LogP contribution in [0.3, 0.4) is 0 Å². The highest BCUT2D eigenvalue weighted by Crippen LogP contribution is 2.42. The minimum absolute atomic E-state index is 0.370. The van der Waals surface area contributed by atoms with Gasteiger partial charge in [0.25, 0.3) is 0 Å². The molecule has 1 aliphatic carbocycles. The molecular weight excluding hydrogens is 350 g/mol. The van der Waals surface area contributed by atoms with Gasteiger partial charge >= 0.3 is 0 Å². The van der Waals surface area contributed by atoms with Crippen molar-refractivity contribution in [3.05, 3.63) is 17.5 Å². The number of aromatic nitrogens is 2. The molecule has 0 radical (unpaired) electrons. The molecule has 28 heavy (non-hydrogen) atoms. The molecule has 6 heteroatoms. The largest absolute Gasteiger partial charge is 0.342 e. The third-order valence-corrected chi connectivity index (χ3v) is 6.55. The van der Waals surface area contributed by atoms with Gasteiger partial charge in [-0.15, -0.1) is 0 Å². The number of nitrogens with one attached hydrogen (secondary N) is 2. The number of carbonyl (C=O) groups is 1. The highest BCUT2D eigenvalue weighted by Gasteiger charge is 2.38. The van der Waals surface area contributed by atoms with Crippen LogP contribution in [0.25, 0.3) is 0 Å². The first kappa shape index (κ1) is 21.3. The summed E-state index contributed by atoms with van der Waals surface area (Å²) in [7, 11) is 4.17. The molecule has 2 aliphatic rings. The predicted octanol–water partition coefficient (Wildman–Crippen LogP) is 2.84. The number of nitrogens with zero attached hydrogens (tertiary/aromatic N) is 3. The molecule has 3 rings (SSSR count). The highest BCUT2D eigenvalue weighted by molar-refractivity contribution is 5.78. The van der Waals surface area contributed by atoms with Crippen molar-refractivity contribution < 1.29 is 4.79 Å². The summed E-state index contributed by atoms with van der Waals surface area (Å²) in [5.41, 5.74) is 2.68. The molecule has 0 aromatic carbocycles. The Kier molecular flexibility index (Phi) is 7.52. The molecule has 1 saturated carbocycles. The molecule has 0 spiro atoms. The normalized spacial score (nSPS) is 26.0. The van der Waals surface area contributed by atoms with Crippen molar-refractivity contribution in [3.8, 4) is 0 Å². The summed E-state index contributed by atoms with van der Waals surface area (Å²) in [6, 6.07) is 0. The Morgan fingerprint density at radius 2 is 2.18 bits per heavy atom. The minimum atomic E-state index is 0.370. The maximum atomic E-state index is 12.4. The van der Waals surface area contributed by atoms with Crippen LogP contribution in [0.1, 0.15) is 63.1 Å². The van der Waals surface area contributed by atoms with Crippen molar-refractivity contribution in [3.63, 3.8) is 0 Å². The molecule has 1 saturated heterocycles. The van der Waals surface area contributed by atoms with Gasteiger partial charge in [0, 0.05) is 56.3 Å². The summed E-state index contributed by atoms with van der Waals surface area (Å²) >= 11 is 0. The van der Waals surface area contributed by atoms with E-state index in [0.29, 0.717) is 29.6 Å². The number of aromatic amines is 1. The van der Waals surface area contributed by atoms with E-state index in [2.05, 4.69) is 46.2 Å². The van der Waals surface area contributed by atoms with Gasteiger partial charge < -0.3 is 15.1 Å². The van der Waals surface area contributed by atoms with Gasteiger partial charge in [0.2, 0.25) is 5.91 Å². The van der Waals surface area contributed by atoms with Gasteiger partial charge in [-0.2, -0.15) is 5.10 Å². The monoisotopic (exact) mass is 389 g/mol. The van der Waals surface area contributed by atoms with Crippen LogP contribution in [-0.4, -0.2) is 66.2 Å². The third-order valence-electron chi connectivity index (χ3n) is 6.55. The van der Waals surface area contributed by atoms with Crippen LogP contribution in [0.15, 0.2) is 6.20 Å². The molecule has 2 fully saturated rings. The van der Waals surface area contributed by atoms with Crippen molar-refractivity contribution in [1.82, 2.24) is 25.3 Å². The first-order valence-electron chi connectivity index (χ1n) is 11.1. The average molecular weight is 390 g/mol. The topological polar surface area (TPSA) is 64.3 Å². The summed E-state index contributed by atoms with van der Waals surface area (Å²) in [6.07, 6.45) is 7.74. The maximum absolute atomic E-state index is 12.4. The lowest BCUT2D eigenvalue weighted by Gasteiger charge is -2.33. The van der Waals surface area contributed by atoms with E-state index in [1.165, 1.54) is 36.9 Å². The third kappa shape index (κ3) is 5.35. The second-order valence-electron chi connectivity index (χ2n) is 9.43. The summed E-state index contributed by atoms with van der Waals surface area (Å²) in [5, 5.41) is 10.9. The Morgan fingerprint density at radius 1 is 1.36 bits per heavy atom. The minimum Gasteiger partial charge on any atom is -0.342 e. The fraction of sp³-hybridized carbons (Fsp3) is 0.818. The van der Waals surface area contributed by atoms with Gasteiger partial charge in [-0.25, -0.2) is 0 Å². The summed E-state index contributed by atoms with van der Waals surface area (Å²) < 4.78 is 0. The number of hydrogen-bond donors (Lipinski definition) is 2. The predicted molar refractivity (Wildman–Crippen MR) is 113 cm³/mol. The Labute approximate surface area is 170 Å². The smallest absolute Gasteiger partial charge is 0.222 e. The zero-order valence-electron chi connectivity index (χ0n) is 18.2. The Bertz CT molecular complexity index is 628. The Balaban J connectivity index is 1.60. The number of hydrogen-bond acceptors (Lipinski definition) is 4. The average Bonchev–Trinajstić information content (AvgIpc) is 3.26. The van der Waals surface area contributed by atoms with Crippen LogP contribution in [-0.2, 0) is 11.3 Å². The van der Waals surface area contributed by atoms with Gasteiger partial charge in [0.15, 0.2) is 0 Å². The molecule has 158 valence electrons. The van der Waals surface area contributed by atoms with E-state index in [1.807, 2.05) is 13.2 Å². The lowest BCUT2D eigenvalue weighted by Crippen LogP contribution is -2.30. The molecule has 0 bridgehead atoms. The van der Waals surface area contributed by atoms with E-state index in [0.717, 1.165) is 39.1 Å². The molecule has 2 heterocycles. The first-order chi connectivity index (χ1) is 13.5. The van der Waals surface area contributed by atoms with Gasteiger partial charge in [0.1, 0.15) is 0 Å². The standard InChI is InChI=1S/C22H39N5O/c1-16(2)13-27-15-19(11-21(27)28)17-6-5-7-18(10-17)22-20(12-24-25-22)14-26(4)9-8-23-3/h12,16-19,23H,5-11,13-15H2,1-4H3,(H,24,25)/t17?,18-,19?/m1/s1. The van der Waals surface area contributed by atoms with E-state index in [4.69, 9.17) is 0 Å². The fourth-order valence-corrected chi connectivity index (χ4v) is 5.13. The summed E-state index contributed by atoms with van der Waals surface area (Å²) in [6.45, 7) is 9.25. The SMILES string of the molecule is CNCCN(C)Cc1cn[nH]c1[C@@H]1CCCC(C2CC(=O)N(CC(C)C)C2)C1. The molecule has 1 aliphatic heterocycles. The zero-order chi connectivity index (χ0) is 20.1. The van der Waals surface area contributed by atoms with Crippen LogP contribution < -0.4 is 5.32 Å². The molecule has 1 aromatic heterocycles. The van der Waals surface area contributed by atoms with Gasteiger partial charge in [0.05, 0.1) is 6.20 Å². The molecule has 3 atom stereocenters. The summed E-state index contributed by atoms with van der Waals surface area (Å²) in [5.74, 6) is 2.68. The molecular formula is C22H39N5O. The summed E-state index contributed by atoms with van der Waals surface area (Å²) in [4.78, 5) is 16.9. The van der Waals surface area contributed by atoms with Crippen molar-refractivity contribution in [1.29, 1.82) is 0 Å². The lowest BCUT2D eigenvalue weighted by atomic mass is 9.73. The lowest BCUT2D eigenvalue weighted by molar-refractivity contribution is -0.128. The first-order valence-corrected chi connectivity index (χ1v) is 11.1. The van der Waals surface area contributed by atoms with E-state index >= 15 is 0 Å². The van der Waals surface area contributed by atoms with Gasteiger partial charge in [-0.3, -0.25) is 9.89 Å². The maximum Gasteiger partial charge on any atom is 0.222 e. The van der Waals surface area contributed by atoms with Crippen LogP contribution >= 0.6 is 0 Å². The van der Waals surface area contributed by atoms with E-state index in [-0.39, 0.29) is 0 Å². The number of likely N-dealkylation sites (tertiary alicyclic amines) is 1. The zero-order valence-corrected chi connectivity index (χ0v) is 18.2. The van der Waals surface area contributed by atoms with Crippen molar-refractivity contribution in [2.45, 2.75) is 58.4 Å². The van der Waals surface area contributed by atoms with Crippen LogP contribution in [0.2, 0.25) is 0 Å². The highest BCUT2D eigenvalue weighted by atomic mass is 16.2. The second-order valence-corrected chi connectivity index (χ2v) is 9.43. The van der Waals surface area contributed by atoms with Crippen molar-refractivity contribution >= 4 is 5.91 Å². The van der Waals surface area contributed by atoms with Gasteiger partial charge in [-0.1, -0.05) is 26.7 Å². The molecule has 1 aromatic rings. The number of carbonyl (C=O) groups excluding carboxylic acids is 1. The quantitative estimate of drug-likeness (QED) is 0.682. The van der Waals surface area contributed by atoms with E-state index in [1.54, 1.807) is 0 Å². The number of H-pyrrole nitrogens is 1. The Morgan fingerprint density at radius 3 is 2.93 bits per heavy atom. The number of likely N-dealkylation sites (N-methyl/N-ethyl adjacent to an activating group) is 2. The second kappa shape index (κ2) is 9.88. The Hall–Kier alpha value is -1.40. The number of rotatable bonds is 9. The number of amides is 1. The van der Waals surface area contributed by atoms with Crippen molar-refractivity contribution in [2.75, 3.05) is 40.3 Å². The fourth-order valence-electron chi connectivity index (χ4n) is 5.13. The van der Waals surface area contributed by atoms with Crippen LogP contribution in [0, 0.1) is 17.8 Å².